The predicted octanol–water partition coefficient (Wildman–Crippen LogP) is 4.01. The summed E-state index contributed by atoms with van der Waals surface area (Å²) in [5.41, 5.74) is 0.308. The molecular formula is C21H14N4O5S2. The highest BCUT2D eigenvalue weighted by molar-refractivity contribution is 7.26. The third kappa shape index (κ3) is 3.93. The van der Waals surface area contributed by atoms with Crippen LogP contribution in [0.2, 0.25) is 0 Å². The molecule has 3 aromatic heterocycles. The van der Waals surface area contributed by atoms with E-state index in [4.69, 9.17) is 9.26 Å². The Morgan fingerprint density at radius 3 is 2.66 bits per heavy atom. The lowest BCUT2D eigenvalue weighted by Gasteiger charge is -2.05. The first-order chi connectivity index (χ1) is 15.5. The van der Waals surface area contributed by atoms with Gasteiger partial charge in [-0.2, -0.15) is 0 Å². The third-order valence-electron chi connectivity index (χ3n) is 4.85. The molecule has 1 aromatic carbocycles. The number of anilines is 1. The summed E-state index contributed by atoms with van der Waals surface area (Å²) < 4.78 is 10.3. The van der Waals surface area contributed by atoms with E-state index in [0.717, 1.165) is 5.56 Å². The number of carboxylic acids is 1. The van der Waals surface area contributed by atoms with Crippen LogP contribution >= 0.6 is 22.7 Å². The number of hydrogen-bond donors (Lipinski definition) is 2. The number of aromatic nitrogens is 3. The number of fused-ring (bicyclic) bond motifs is 1. The maximum Gasteiger partial charge on any atom is 0.412 e. The van der Waals surface area contributed by atoms with Crippen molar-refractivity contribution < 1.29 is 24.0 Å². The van der Waals surface area contributed by atoms with Crippen LogP contribution in [0.3, 0.4) is 0 Å². The fraction of sp³-hybridized carbons (Fsp3) is 0.190. The van der Waals surface area contributed by atoms with E-state index >= 15 is 0 Å². The fourth-order valence-corrected chi connectivity index (χ4v) is 5.08. The van der Waals surface area contributed by atoms with E-state index in [2.05, 4.69) is 32.3 Å². The SMILES string of the molecule is O=C(Nc1cnoc1C#Cc1nc2sc(C3(C(=O)O)CC3)nc2s1)OCc1ccccc1. The number of carbonyl (C=O) groups excluding carboxylic acids is 1. The van der Waals surface area contributed by atoms with Gasteiger partial charge in [-0.1, -0.05) is 58.2 Å². The Balaban J connectivity index is 1.26. The van der Waals surface area contributed by atoms with Crippen molar-refractivity contribution in [2.75, 3.05) is 5.32 Å². The quantitative estimate of drug-likeness (QED) is 0.423. The molecular weight excluding hydrogens is 452 g/mol. The first kappa shape index (κ1) is 20.2. The van der Waals surface area contributed by atoms with Crippen LogP contribution < -0.4 is 5.32 Å². The molecule has 9 nitrogen and oxygen atoms in total. The molecule has 1 saturated carbocycles. The van der Waals surface area contributed by atoms with Crippen LogP contribution in [0.5, 0.6) is 0 Å². The molecule has 0 unspecified atom stereocenters. The van der Waals surface area contributed by atoms with Gasteiger partial charge in [0.15, 0.2) is 14.7 Å². The molecule has 32 heavy (non-hydrogen) atoms. The van der Waals surface area contributed by atoms with Gasteiger partial charge in [0.05, 0.1) is 6.20 Å². The normalized spacial score (nSPS) is 13.9. The molecule has 0 spiro atoms. The second-order valence-corrected chi connectivity index (χ2v) is 9.00. The Kier molecular flexibility index (Phi) is 5.08. The number of benzene rings is 1. The summed E-state index contributed by atoms with van der Waals surface area (Å²) in [7, 11) is 0. The maximum atomic E-state index is 12.0. The van der Waals surface area contributed by atoms with E-state index < -0.39 is 17.5 Å². The molecule has 0 atom stereocenters. The number of amides is 1. The zero-order chi connectivity index (χ0) is 22.1. The molecule has 1 aliphatic carbocycles. The fourth-order valence-electron chi connectivity index (χ4n) is 2.94. The van der Waals surface area contributed by atoms with E-state index in [0.29, 0.717) is 32.5 Å². The van der Waals surface area contributed by atoms with E-state index in [1.165, 1.54) is 28.9 Å². The zero-order valence-electron chi connectivity index (χ0n) is 16.3. The monoisotopic (exact) mass is 466 g/mol. The third-order valence-corrected chi connectivity index (χ3v) is 6.99. The average Bonchev–Trinajstić information content (AvgIpc) is 3.11. The number of hydrogen-bond acceptors (Lipinski definition) is 9. The van der Waals surface area contributed by atoms with Crippen molar-refractivity contribution >= 4 is 50.1 Å². The minimum Gasteiger partial charge on any atom is -0.481 e. The highest BCUT2D eigenvalue weighted by Crippen LogP contribution is 2.50. The zero-order valence-corrected chi connectivity index (χ0v) is 18.0. The first-order valence-corrected chi connectivity index (χ1v) is 11.1. The Morgan fingerprint density at radius 1 is 1.16 bits per heavy atom. The number of ether oxygens (including phenoxy) is 1. The number of rotatable bonds is 5. The van der Waals surface area contributed by atoms with Crippen molar-refractivity contribution in [3.05, 3.63) is 57.9 Å². The first-order valence-electron chi connectivity index (χ1n) is 9.49. The lowest BCUT2D eigenvalue weighted by molar-refractivity contribution is -0.140. The Labute approximate surface area is 189 Å². The lowest BCUT2D eigenvalue weighted by Crippen LogP contribution is -2.18. The second-order valence-electron chi connectivity index (χ2n) is 7.04. The summed E-state index contributed by atoms with van der Waals surface area (Å²) in [6, 6.07) is 9.31. The van der Waals surface area contributed by atoms with Gasteiger partial charge in [-0.15, -0.1) is 0 Å². The summed E-state index contributed by atoms with van der Waals surface area (Å²) in [6.45, 7) is 0.132. The molecule has 4 aromatic rings. The van der Waals surface area contributed by atoms with Crippen molar-refractivity contribution in [3.63, 3.8) is 0 Å². The molecule has 0 saturated heterocycles. The van der Waals surface area contributed by atoms with Crippen molar-refractivity contribution in [3.8, 4) is 11.8 Å². The molecule has 1 aliphatic rings. The molecule has 160 valence electrons. The molecule has 0 bridgehead atoms. The molecule has 1 fully saturated rings. The van der Waals surface area contributed by atoms with E-state index in [-0.39, 0.29) is 18.1 Å². The van der Waals surface area contributed by atoms with E-state index in [1.807, 2.05) is 30.3 Å². The molecule has 5 rings (SSSR count). The van der Waals surface area contributed by atoms with Gasteiger partial charge in [-0.3, -0.25) is 10.1 Å². The van der Waals surface area contributed by atoms with Crippen LogP contribution in [0.15, 0.2) is 41.1 Å². The highest BCUT2D eigenvalue weighted by Gasteiger charge is 2.54. The van der Waals surface area contributed by atoms with Crippen molar-refractivity contribution in [2.45, 2.75) is 24.9 Å². The van der Waals surface area contributed by atoms with Crippen molar-refractivity contribution in [1.29, 1.82) is 0 Å². The van der Waals surface area contributed by atoms with E-state index in [9.17, 15) is 14.7 Å². The van der Waals surface area contributed by atoms with Gasteiger partial charge >= 0.3 is 12.1 Å². The lowest BCUT2D eigenvalue weighted by atomic mass is 10.1. The van der Waals surface area contributed by atoms with Crippen LogP contribution in [0.4, 0.5) is 10.5 Å². The second kappa shape index (κ2) is 8.07. The molecule has 3 heterocycles. The van der Waals surface area contributed by atoms with Crippen molar-refractivity contribution in [1.82, 2.24) is 15.1 Å². The largest absolute Gasteiger partial charge is 0.481 e. The number of nitrogens with one attached hydrogen (secondary N) is 1. The van der Waals surface area contributed by atoms with Gasteiger partial charge in [-0.05, 0) is 30.2 Å². The Bertz CT molecular complexity index is 1340. The van der Waals surface area contributed by atoms with Gasteiger partial charge in [0.2, 0.25) is 5.76 Å². The Morgan fingerprint density at radius 2 is 1.94 bits per heavy atom. The smallest absolute Gasteiger partial charge is 0.412 e. The summed E-state index contributed by atoms with van der Waals surface area (Å²) in [5, 5.41) is 16.7. The molecule has 2 N–H and O–H groups in total. The van der Waals surface area contributed by atoms with Gasteiger partial charge in [-0.25, -0.2) is 14.8 Å². The molecule has 0 aliphatic heterocycles. The molecule has 1 amide bonds. The van der Waals surface area contributed by atoms with Crippen LogP contribution in [-0.2, 0) is 21.6 Å². The van der Waals surface area contributed by atoms with Crippen LogP contribution in [-0.4, -0.2) is 32.3 Å². The molecule has 0 radical (unpaired) electrons. The predicted molar refractivity (Wildman–Crippen MR) is 117 cm³/mol. The average molecular weight is 467 g/mol. The highest BCUT2D eigenvalue weighted by atomic mass is 32.1. The maximum absolute atomic E-state index is 12.0. The number of carboxylic acid groups (broad SMARTS) is 1. The summed E-state index contributed by atoms with van der Waals surface area (Å²) >= 11 is 2.55. The van der Waals surface area contributed by atoms with E-state index in [1.54, 1.807) is 0 Å². The number of nitrogens with zero attached hydrogens (tertiary/aromatic N) is 3. The number of carbonyl (C=O) groups is 2. The minimum atomic E-state index is -0.841. The van der Waals surface area contributed by atoms with Crippen LogP contribution in [0.25, 0.3) is 9.66 Å². The molecule has 11 heteroatoms. The van der Waals surface area contributed by atoms with Crippen LogP contribution in [0, 0.1) is 11.8 Å². The van der Waals surface area contributed by atoms with Crippen LogP contribution in [0.1, 0.15) is 34.2 Å². The van der Waals surface area contributed by atoms with Gasteiger partial charge in [0.1, 0.15) is 22.7 Å². The number of aliphatic carboxylic acids is 1. The summed E-state index contributed by atoms with van der Waals surface area (Å²) in [5.74, 6) is 4.99. The van der Waals surface area contributed by atoms with Crippen molar-refractivity contribution in [2.24, 2.45) is 0 Å². The standard InChI is InChI=1S/C21H14N4O5S2/c26-19(27)21(8-9-21)18-25-17-16(32-18)24-15(31-17)7-6-14-13(10-22-30-14)23-20(28)29-11-12-4-2-1-3-5-12/h1-5,10H,8-9,11H2,(H,23,28)(H,26,27). The van der Waals surface area contributed by atoms with Gasteiger partial charge in [0, 0.05) is 0 Å². The minimum absolute atomic E-state index is 0.132. The Hall–Kier alpha value is -3.75. The summed E-state index contributed by atoms with van der Waals surface area (Å²) in [4.78, 5) is 33.7. The van der Waals surface area contributed by atoms with Gasteiger partial charge in [0.25, 0.3) is 0 Å². The van der Waals surface area contributed by atoms with Gasteiger partial charge < -0.3 is 14.4 Å². The number of thiazole rings is 2. The summed E-state index contributed by atoms with van der Waals surface area (Å²) in [6.07, 6.45) is 1.89. The topological polar surface area (TPSA) is 127 Å².